The number of carbonyl (C=O) groups excluding carboxylic acids is 1. The van der Waals surface area contributed by atoms with Gasteiger partial charge in [0.25, 0.3) is 5.78 Å². The quantitative estimate of drug-likeness (QED) is 0.597. The Morgan fingerprint density at radius 1 is 1.25 bits per heavy atom. The highest BCUT2D eigenvalue weighted by molar-refractivity contribution is 8.02. The zero-order chi connectivity index (χ0) is 12.2. The first-order valence-electron chi connectivity index (χ1n) is 4.40. The van der Waals surface area contributed by atoms with Crippen LogP contribution in [-0.2, 0) is 4.79 Å². The molecular formula is C11H9F3OS. The number of rotatable bonds is 3. The summed E-state index contributed by atoms with van der Waals surface area (Å²) in [5.41, 5.74) is 1.07. The lowest BCUT2D eigenvalue weighted by atomic mass is 10.2. The largest absolute Gasteiger partial charge is 0.454 e. The van der Waals surface area contributed by atoms with E-state index in [4.69, 9.17) is 0 Å². The lowest BCUT2D eigenvalue weighted by molar-refractivity contribution is -0.165. The van der Waals surface area contributed by atoms with Gasteiger partial charge in [0.15, 0.2) is 0 Å². The first-order valence-corrected chi connectivity index (χ1v) is 5.28. The summed E-state index contributed by atoms with van der Waals surface area (Å²) in [4.78, 5) is 11.3. The highest BCUT2D eigenvalue weighted by atomic mass is 32.2. The fourth-order valence-corrected chi connectivity index (χ4v) is 1.53. The predicted molar refractivity (Wildman–Crippen MR) is 57.2 cm³/mol. The average Bonchev–Trinajstić information content (AvgIpc) is 2.19. The molecule has 0 radical (unpaired) electrons. The van der Waals surface area contributed by atoms with Crippen molar-refractivity contribution in [2.24, 2.45) is 0 Å². The fraction of sp³-hybridized carbons (Fsp3) is 0.182. The Morgan fingerprint density at radius 2 is 1.81 bits per heavy atom. The van der Waals surface area contributed by atoms with Crippen LogP contribution in [0, 0.1) is 6.92 Å². The molecule has 0 saturated heterocycles. The number of carbonyl (C=O) groups is 1. The molecule has 0 amide bonds. The Morgan fingerprint density at radius 3 is 2.31 bits per heavy atom. The molecule has 0 aliphatic rings. The molecule has 1 rings (SSSR count). The number of thioether (sulfide) groups is 1. The van der Waals surface area contributed by atoms with Gasteiger partial charge in [0.05, 0.1) is 0 Å². The van der Waals surface area contributed by atoms with E-state index in [0.717, 1.165) is 27.6 Å². The lowest BCUT2D eigenvalue weighted by Crippen LogP contribution is -2.19. The highest BCUT2D eigenvalue weighted by Crippen LogP contribution is 2.21. The number of aryl methyl sites for hydroxylation is 1. The number of allylic oxidation sites excluding steroid dienone is 1. The third kappa shape index (κ3) is 4.10. The topological polar surface area (TPSA) is 17.1 Å². The van der Waals surface area contributed by atoms with E-state index in [1.807, 2.05) is 19.1 Å². The van der Waals surface area contributed by atoms with Crippen LogP contribution in [0.4, 0.5) is 13.2 Å². The van der Waals surface area contributed by atoms with Crippen LogP contribution in [0.2, 0.25) is 0 Å². The van der Waals surface area contributed by atoms with E-state index in [2.05, 4.69) is 0 Å². The van der Waals surface area contributed by atoms with E-state index in [1.165, 1.54) is 0 Å². The molecule has 0 aromatic heterocycles. The van der Waals surface area contributed by atoms with Crippen molar-refractivity contribution >= 4 is 17.5 Å². The van der Waals surface area contributed by atoms with Crippen LogP contribution in [0.5, 0.6) is 0 Å². The van der Waals surface area contributed by atoms with Crippen LogP contribution in [0.25, 0.3) is 0 Å². The van der Waals surface area contributed by atoms with Crippen LogP contribution < -0.4 is 0 Å². The van der Waals surface area contributed by atoms with Gasteiger partial charge in [-0.2, -0.15) is 13.2 Å². The van der Waals surface area contributed by atoms with Gasteiger partial charge in [-0.1, -0.05) is 29.5 Å². The summed E-state index contributed by atoms with van der Waals surface area (Å²) in [5.74, 6) is -1.84. The van der Waals surface area contributed by atoms with Crippen molar-refractivity contribution in [1.82, 2.24) is 0 Å². The number of halogens is 3. The standard InChI is InChI=1S/C11H9F3OS/c1-8-2-4-9(5-3-8)16-7-6-10(15)11(12,13)14/h2-7H,1H3/b7-6+. The molecule has 0 atom stereocenters. The molecule has 0 heterocycles. The monoisotopic (exact) mass is 246 g/mol. The van der Waals surface area contributed by atoms with Crippen molar-refractivity contribution in [3.63, 3.8) is 0 Å². The Hall–Kier alpha value is -1.23. The minimum atomic E-state index is -4.79. The number of hydrogen-bond donors (Lipinski definition) is 0. The van der Waals surface area contributed by atoms with Gasteiger partial charge in [-0.25, -0.2) is 0 Å². The Balaban J connectivity index is 2.55. The number of ketones is 1. The van der Waals surface area contributed by atoms with Crippen LogP contribution in [0.3, 0.4) is 0 Å². The summed E-state index contributed by atoms with van der Waals surface area (Å²) >= 11 is 1.07. The Bertz CT molecular complexity index is 393. The average molecular weight is 246 g/mol. The second kappa shape index (κ2) is 5.21. The van der Waals surface area contributed by atoms with E-state index in [-0.39, 0.29) is 0 Å². The molecule has 0 unspecified atom stereocenters. The van der Waals surface area contributed by atoms with Gasteiger partial charge in [-0.15, -0.1) is 0 Å². The maximum absolute atomic E-state index is 11.8. The van der Waals surface area contributed by atoms with Gasteiger partial charge in [0.1, 0.15) is 0 Å². The molecule has 1 aromatic rings. The molecule has 0 N–H and O–H groups in total. The smallest absolute Gasteiger partial charge is 0.285 e. The van der Waals surface area contributed by atoms with Gasteiger partial charge >= 0.3 is 6.18 Å². The minimum absolute atomic E-state index is 0.532. The molecule has 0 bridgehead atoms. The van der Waals surface area contributed by atoms with E-state index in [0.29, 0.717) is 6.08 Å². The van der Waals surface area contributed by atoms with Crippen molar-refractivity contribution in [1.29, 1.82) is 0 Å². The van der Waals surface area contributed by atoms with Gasteiger partial charge in [-0.05, 0) is 30.5 Å². The zero-order valence-corrected chi connectivity index (χ0v) is 9.23. The SMILES string of the molecule is Cc1ccc(S/C=C/C(=O)C(F)(F)F)cc1. The van der Waals surface area contributed by atoms with Crippen LogP contribution in [0.15, 0.2) is 40.6 Å². The fourth-order valence-electron chi connectivity index (χ4n) is 0.886. The molecule has 1 aromatic carbocycles. The van der Waals surface area contributed by atoms with Crippen LogP contribution >= 0.6 is 11.8 Å². The second-order valence-corrected chi connectivity index (χ2v) is 4.07. The lowest BCUT2D eigenvalue weighted by Gasteiger charge is -1.99. The summed E-state index contributed by atoms with van der Waals surface area (Å²) in [7, 11) is 0. The van der Waals surface area contributed by atoms with Gasteiger partial charge in [-0.3, -0.25) is 4.79 Å². The first-order chi connectivity index (χ1) is 7.39. The molecule has 0 fully saturated rings. The summed E-state index contributed by atoms with van der Waals surface area (Å²) in [6.07, 6.45) is -4.26. The van der Waals surface area contributed by atoms with Crippen molar-refractivity contribution < 1.29 is 18.0 Å². The molecule has 16 heavy (non-hydrogen) atoms. The Kier molecular flexibility index (Phi) is 4.18. The summed E-state index contributed by atoms with van der Waals surface area (Å²) in [6.45, 7) is 1.91. The van der Waals surface area contributed by atoms with Gasteiger partial charge < -0.3 is 0 Å². The number of alkyl halides is 3. The van der Waals surface area contributed by atoms with E-state index >= 15 is 0 Å². The van der Waals surface area contributed by atoms with E-state index < -0.39 is 12.0 Å². The number of benzene rings is 1. The van der Waals surface area contributed by atoms with Crippen molar-refractivity contribution in [3.8, 4) is 0 Å². The maximum atomic E-state index is 11.8. The summed E-state index contributed by atoms with van der Waals surface area (Å²) < 4.78 is 35.5. The summed E-state index contributed by atoms with van der Waals surface area (Å²) in [5, 5.41) is 1.14. The molecule has 0 saturated carbocycles. The molecule has 5 heteroatoms. The molecular weight excluding hydrogens is 237 g/mol. The predicted octanol–water partition coefficient (Wildman–Crippen LogP) is 3.73. The third-order valence-electron chi connectivity index (χ3n) is 1.72. The molecule has 1 nitrogen and oxygen atoms in total. The van der Waals surface area contributed by atoms with E-state index in [9.17, 15) is 18.0 Å². The van der Waals surface area contributed by atoms with Crippen molar-refractivity contribution in [2.45, 2.75) is 18.0 Å². The van der Waals surface area contributed by atoms with Gasteiger partial charge in [0.2, 0.25) is 0 Å². The van der Waals surface area contributed by atoms with E-state index in [1.54, 1.807) is 12.1 Å². The summed E-state index contributed by atoms with van der Waals surface area (Å²) in [6, 6.07) is 7.26. The first kappa shape index (κ1) is 12.8. The van der Waals surface area contributed by atoms with Crippen LogP contribution in [-0.4, -0.2) is 12.0 Å². The van der Waals surface area contributed by atoms with Crippen LogP contribution in [0.1, 0.15) is 5.56 Å². The third-order valence-corrected chi connectivity index (χ3v) is 2.54. The zero-order valence-electron chi connectivity index (χ0n) is 8.41. The molecule has 0 aliphatic heterocycles. The highest BCUT2D eigenvalue weighted by Gasteiger charge is 2.35. The van der Waals surface area contributed by atoms with Gasteiger partial charge in [0, 0.05) is 4.90 Å². The minimum Gasteiger partial charge on any atom is -0.285 e. The second-order valence-electron chi connectivity index (χ2n) is 3.10. The molecule has 86 valence electrons. The number of hydrogen-bond acceptors (Lipinski definition) is 2. The molecule has 0 aliphatic carbocycles. The van der Waals surface area contributed by atoms with Crippen molar-refractivity contribution in [2.75, 3.05) is 0 Å². The normalized spacial score (nSPS) is 12.0. The molecule has 0 spiro atoms. The Labute approximate surface area is 95.3 Å². The maximum Gasteiger partial charge on any atom is 0.454 e. The van der Waals surface area contributed by atoms with Crippen molar-refractivity contribution in [3.05, 3.63) is 41.3 Å².